The highest BCUT2D eigenvalue weighted by Gasteiger charge is 2.17. The van der Waals surface area contributed by atoms with Crippen molar-refractivity contribution in [1.29, 1.82) is 0 Å². The first-order valence-corrected chi connectivity index (χ1v) is 10.8. The highest BCUT2D eigenvalue weighted by molar-refractivity contribution is 8.00. The van der Waals surface area contributed by atoms with E-state index in [1.54, 1.807) is 24.3 Å². The van der Waals surface area contributed by atoms with Crippen molar-refractivity contribution in [2.75, 3.05) is 12.4 Å². The lowest BCUT2D eigenvalue weighted by atomic mass is 10.0. The van der Waals surface area contributed by atoms with Crippen molar-refractivity contribution < 1.29 is 19.1 Å². The Hall–Kier alpha value is -2.80. The second kappa shape index (κ2) is 11.4. The molecule has 0 aliphatic rings. The van der Waals surface area contributed by atoms with Gasteiger partial charge in [0.15, 0.2) is 6.61 Å². The lowest BCUT2D eigenvalue weighted by Crippen LogP contribution is -2.31. The Morgan fingerprint density at radius 2 is 1.60 bits per heavy atom. The van der Waals surface area contributed by atoms with Gasteiger partial charge >= 0.3 is 5.97 Å². The van der Waals surface area contributed by atoms with Gasteiger partial charge in [0.05, 0.1) is 17.4 Å². The van der Waals surface area contributed by atoms with Gasteiger partial charge < -0.3 is 15.4 Å². The molecule has 0 bridgehead atoms. The molecule has 2 aromatic carbocycles. The SMILES string of the molecule is Cc1ccccc1[C@@H](C)NC(=O)COC(=O)c1ccccc1SCC(=O)NC(C)C. The van der Waals surface area contributed by atoms with Crippen LogP contribution in [0.15, 0.2) is 53.4 Å². The van der Waals surface area contributed by atoms with E-state index in [1.165, 1.54) is 11.8 Å². The van der Waals surface area contributed by atoms with Crippen molar-refractivity contribution in [3.8, 4) is 0 Å². The van der Waals surface area contributed by atoms with Crippen molar-refractivity contribution in [3.63, 3.8) is 0 Å². The molecule has 0 saturated heterocycles. The minimum Gasteiger partial charge on any atom is -0.452 e. The fourth-order valence-corrected chi connectivity index (χ4v) is 3.76. The standard InChI is InChI=1S/C23H28N2O4S/c1-15(2)24-22(27)14-30-20-12-8-7-11-19(20)23(28)29-13-21(26)25-17(4)18-10-6-5-9-16(18)3/h5-12,15,17H,13-14H2,1-4H3,(H,24,27)(H,25,26)/t17-/m1/s1. The molecule has 7 heteroatoms. The number of esters is 1. The maximum absolute atomic E-state index is 12.5. The highest BCUT2D eigenvalue weighted by atomic mass is 32.2. The van der Waals surface area contributed by atoms with Crippen LogP contribution in [-0.2, 0) is 14.3 Å². The van der Waals surface area contributed by atoms with Gasteiger partial charge in [-0.3, -0.25) is 9.59 Å². The van der Waals surface area contributed by atoms with Crippen molar-refractivity contribution >= 4 is 29.5 Å². The van der Waals surface area contributed by atoms with Gasteiger partial charge in [-0.1, -0.05) is 36.4 Å². The smallest absolute Gasteiger partial charge is 0.339 e. The van der Waals surface area contributed by atoms with Gasteiger partial charge in [-0.15, -0.1) is 11.8 Å². The van der Waals surface area contributed by atoms with Gasteiger partial charge in [-0.25, -0.2) is 4.79 Å². The van der Waals surface area contributed by atoms with E-state index in [4.69, 9.17) is 4.74 Å². The fourth-order valence-electron chi connectivity index (χ4n) is 2.91. The van der Waals surface area contributed by atoms with E-state index in [9.17, 15) is 14.4 Å². The summed E-state index contributed by atoms with van der Waals surface area (Å²) in [6, 6.07) is 14.5. The molecule has 6 nitrogen and oxygen atoms in total. The van der Waals surface area contributed by atoms with Crippen LogP contribution in [0.1, 0.15) is 48.3 Å². The number of hydrogen-bond acceptors (Lipinski definition) is 5. The lowest BCUT2D eigenvalue weighted by molar-refractivity contribution is -0.125. The second-order valence-electron chi connectivity index (χ2n) is 7.23. The minimum atomic E-state index is -0.596. The molecule has 0 aromatic heterocycles. The zero-order valence-electron chi connectivity index (χ0n) is 17.7. The van der Waals surface area contributed by atoms with E-state index in [0.717, 1.165) is 11.1 Å². The summed E-state index contributed by atoms with van der Waals surface area (Å²) in [6.45, 7) is 7.27. The number of carbonyl (C=O) groups is 3. The number of nitrogens with one attached hydrogen (secondary N) is 2. The molecule has 0 aliphatic carbocycles. The molecule has 30 heavy (non-hydrogen) atoms. The first kappa shape index (κ1) is 23.5. The first-order chi connectivity index (χ1) is 14.3. The first-order valence-electron chi connectivity index (χ1n) is 9.81. The van der Waals surface area contributed by atoms with E-state index < -0.39 is 5.97 Å². The van der Waals surface area contributed by atoms with Crippen LogP contribution in [0.5, 0.6) is 0 Å². The Bertz CT molecular complexity index is 898. The van der Waals surface area contributed by atoms with E-state index in [2.05, 4.69) is 10.6 Å². The number of aryl methyl sites for hydroxylation is 1. The van der Waals surface area contributed by atoms with Crippen LogP contribution in [0, 0.1) is 6.92 Å². The molecular weight excluding hydrogens is 400 g/mol. The number of amides is 2. The maximum atomic E-state index is 12.5. The Balaban J connectivity index is 1.91. The van der Waals surface area contributed by atoms with Crippen LogP contribution in [0.3, 0.4) is 0 Å². The van der Waals surface area contributed by atoms with E-state index in [-0.39, 0.29) is 36.3 Å². The number of ether oxygens (including phenoxy) is 1. The Morgan fingerprint density at radius 3 is 2.30 bits per heavy atom. The van der Waals surface area contributed by atoms with Crippen molar-refractivity contribution in [3.05, 3.63) is 65.2 Å². The zero-order valence-corrected chi connectivity index (χ0v) is 18.5. The van der Waals surface area contributed by atoms with Crippen LogP contribution in [0.25, 0.3) is 0 Å². The molecule has 0 unspecified atom stereocenters. The summed E-state index contributed by atoms with van der Waals surface area (Å²) in [6.07, 6.45) is 0. The zero-order chi connectivity index (χ0) is 22.1. The third-order valence-corrected chi connectivity index (χ3v) is 5.36. The van der Waals surface area contributed by atoms with Gasteiger partial charge in [0, 0.05) is 10.9 Å². The molecule has 0 fully saturated rings. The molecule has 2 aromatic rings. The summed E-state index contributed by atoms with van der Waals surface area (Å²) in [7, 11) is 0. The Labute approximate surface area is 181 Å². The fraction of sp³-hybridized carbons (Fsp3) is 0.348. The number of rotatable bonds is 9. The van der Waals surface area contributed by atoms with Crippen molar-refractivity contribution in [2.24, 2.45) is 0 Å². The van der Waals surface area contributed by atoms with Crippen molar-refractivity contribution in [1.82, 2.24) is 10.6 Å². The van der Waals surface area contributed by atoms with Crippen LogP contribution in [0.4, 0.5) is 0 Å². The molecule has 1 atom stereocenters. The summed E-state index contributed by atoms with van der Waals surface area (Å²) in [4.78, 5) is 37.2. The molecular formula is C23H28N2O4S. The molecule has 160 valence electrons. The maximum Gasteiger partial charge on any atom is 0.339 e. The molecule has 2 rings (SSSR count). The normalized spacial score (nSPS) is 11.6. The quantitative estimate of drug-likeness (QED) is 0.470. The summed E-state index contributed by atoms with van der Waals surface area (Å²) in [5, 5.41) is 5.65. The number of benzene rings is 2. The highest BCUT2D eigenvalue weighted by Crippen LogP contribution is 2.23. The minimum absolute atomic E-state index is 0.0545. The van der Waals surface area contributed by atoms with Gasteiger partial charge in [-0.05, 0) is 51.0 Å². The third kappa shape index (κ3) is 7.22. The molecule has 0 aliphatic heterocycles. The molecule has 0 saturated carbocycles. The molecule has 2 amide bonds. The Morgan fingerprint density at radius 1 is 0.933 bits per heavy atom. The van der Waals surface area contributed by atoms with E-state index in [0.29, 0.717) is 10.5 Å². The third-order valence-electron chi connectivity index (χ3n) is 4.28. The largest absolute Gasteiger partial charge is 0.452 e. The molecule has 0 heterocycles. The van der Waals surface area contributed by atoms with Crippen LogP contribution in [0.2, 0.25) is 0 Å². The number of thioether (sulfide) groups is 1. The van der Waals surface area contributed by atoms with Gasteiger partial charge in [0.25, 0.3) is 5.91 Å². The monoisotopic (exact) mass is 428 g/mol. The van der Waals surface area contributed by atoms with Crippen LogP contribution < -0.4 is 10.6 Å². The average Bonchev–Trinajstić information content (AvgIpc) is 2.70. The molecule has 0 radical (unpaired) electrons. The van der Waals surface area contributed by atoms with E-state index >= 15 is 0 Å². The predicted octanol–water partition coefficient (Wildman–Crippen LogP) is 3.65. The van der Waals surface area contributed by atoms with Gasteiger partial charge in [0.2, 0.25) is 5.91 Å². The van der Waals surface area contributed by atoms with Gasteiger partial charge in [0.1, 0.15) is 0 Å². The topological polar surface area (TPSA) is 84.5 Å². The Kier molecular flexibility index (Phi) is 8.92. The number of hydrogen-bond donors (Lipinski definition) is 2. The van der Waals surface area contributed by atoms with E-state index in [1.807, 2.05) is 52.0 Å². The van der Waals surface area contributed by atoms with Crippen molar-refractivity contribution in [2.45, 2.75) is 44.7 Å². The summed E-state index contributed by atoms with van der Waals surface area (Å²) >= 11 is 1.26. The second-order valence-corrected chi connectivity index (χ2v) is 8.25. The predicted molar refractivity (Wildman–Crippen MR) is 118 cm³/mol. The van der Waals surface area contributed by atoms with Crippen LogP contribution >= 0.6 is 11.8 Å². The average molecular weight is 429 g/mol. The van der Waals surface area contributed by atoms with Crippen LogP contribution in [-0.4, -0.2) is 36.2 Å². The summed E-state index contributed by atoms with van der Waals surface area (Å²) in [5.41, 5.74) is 2.42. The summed E-state index contributed by atoms with van der Waals surface area (Å²) in [5.74, 6) is -0.888. The number of carbonyl (C=O) groups excluding carboxylic acids is 3. The van der Waals surface area contributed by atoms with Gasteiger partial charge in [-0.2, -0.15) is 0 Å². The molecule has 2 N–H and O–H groups in total. The lowest BCUT2D eigenvalue weighted by Gasteiger charge is -2.16. The molecule has 0 spiro atoms. The summed E-state index contributed by atoms with van der Waals surface area (Å²) < 4.78 is 5.20.